The van der Waals surface area contributed by atoms with E-state index in [1.807, 2.05) is 35.1 Å². The van der Waals surface area contributed by atoms with Gasteiger partial charge < -0.3 is 14.4 Å². The van der Waals surface area contributed by atoms with Gasteiger partial charge >= 0.3 is 0 Å². The number of nitrogens with zero attached hydrogens (tertiary/aromatic N) is 4. The van der Waals surface area contributed by atoms with Gasteiger partial charge in [0.2, 0.25) is 0 Å². The van der Waals surface area contributed by atoms with Gasteiger partial charge in [-0.15, -0.1) is 0 Å². The van der Waals surface area contributed by atoms with Crippen molar-refractivity contribution in [3.8, 4) is 5.69 Å². The van der Waals surface area contributed by atoms with Crippen molar-refractivity contribution in [1.82, 2.24) is 14.7 Å². The highest BCUT2D eigenvalue weighted by atomic mass is 127. The van der Waals surface area contributed by atoms with Crippen LogP contribution in [0.25, 0.3) is 5.69 Å². The van der Waals surface area contributed by atoms with Crippen molar-refractivity contribution in [2.24, 2.45) is 4.99 Å². The Labute approximate surface area is 166 Å². The molecule has 26 heavy (non-hydrogen) atoms. The normalized spacial score (nSPS) is 21.4. The molecule has 6 nitrogen and oxygen atoms in total. The standard InChI is InChI=1S/C18H18ClIN4O2/c19-13-1-3-14(4-2-13)24-16-15(11-22-24)17(21-12-20-16)23-7-5-18(6-8-23)25-9-10-26-18/h1-4,11-12H,5-10H2. The second-order valence-corrected chi connectivity index (χ2v) is 9.13. The Morgan fingerprint density at radius 1 is 1.08 bits per heavy atom. The number of aliphatic imine (C=N–C) groups is 1. The number of piperidine rings is 1. The van der Waals surface area contributed by atoms with E-state index in [1.54, 1.807) is 0 Å². The molecule has 0 amide bonds. The third kappa shape index (κ3) is 2.90. The van der Waals surface area contributed by atoms with Crippen LogP contribution in [0.1, 0.15) is 18.4 Å². The zero-order chi connectivity index (χ0) is 17.6. The van der Waals surface area contributed by atoms with Gasteiger partial charge in [-0.3, -0.25) is 0 Å². The number of hydrogen-bond acceptors (Lipinski definition) is 5. The molecule has 3 aliphatic rings. The maximum absolute atomic E-state index is 6.02. The van der Waals surface area contributed by atoms with E-state index in [4.69, 9.17) is 26.1 Å². The fourth-order valence-corrected chi connectivity index (χ4v) is 5.81. The van der Waals surface area contributed by atoms with Crippen LogP contribution in [0.4, 0.5) is 0 Å². The van der Waals surface area contributed by atoms with Crippen LogP contribution in [-0.2, 0) is 9.47 Å². The average Bonchev–Trinajstić information content (AvgIpc) is 3.30. The van der Waals surface area contributed by atoms with E-state index < -0.39 is 0 Å². The number of aromatic nitrogens is 2. The number of rotatable bonds is 1. The Morgan fingerprint density at radius 3 is 2.54 bits per heavy atom. The molecule has 5 rings (SSSR count). The lowest BCUT2D eigenvalue weighted by Crippen LogP contribution is -2.47. The maximum Gasteiger partial charge on any atom is 0.171 e. The van der Waals surface area contributed by atoms with Crippen molar-refractivity contribution in [3.63, 3.8) is 0 Å². The van der Waals surface area contributed by atoms with Gasteiger partial charge in [0.25, 0.3) is 0 Å². The number of benzene rings is 1. The molecule has 0 atom stereocenters. The number of halogens is 2. The van der Waals surface area contributed by atoms with Crippen molar-refractivity contribution >= 4 is 42.3 Å². The van der Waals surface area contributed by atoms with E-state index in [1.165, 1.54) is 3.70 Å². The first-order chi connectivity index (χ1) is 12.7. The topological polar surface area (TPSA) is 51.9 Å². The van der Waals surface area contributed by atoms with Gasteiger partial charge in [-0.1, -0.05) is 11.6 Å². The molecule has 2 saturated heterocycles. The molecule has 1 aromatic heterocycles. The molecule has 3 aliphatic heterocycles. The zero-order valence-corrected chi connectivity index (χ0v) is 17.0. The summed E-state index contributed by atoms with van der Waals surface area (Å²) in [5.41, 5.74) is 2.19. The van der Waals surface area contributed by atoms with Crippen LogP contribution in [0.2, 0.25) is 5.02 Å². The van der Waals surface area contributed by atoms with E-state index in [-0.39, 0.29) is 26.5 Å². The summed E-state index contributed by atoms with van der Waals surface area (Å²) in [6.07, 6.45) is 3.70. The third-order valence-electron chi connectivity index (χ3n) is 4.98. The molecule has 0 N–H and O–H groups in total. The number of hydrogen-bond donors (Lipinski definition) is 0. The van der Waals surface area contributed by atoms with Crippen molar-refractivity contribution < 1.29 is 9.47 Å². The molecule has 0 radical (unpaired) electrons. The largest absolute Gasteiger partial charge is 0.356 e. The monoisotopic (exact) mass is 484 g/mol. The highest BCUT2D eigenvalue weighted by Crippen LogP contribution is 2.33. The molecule has 2 fully saturated rings. The first-order valence-electron chi connectivity index (χ1n) is 8.64. The number of amidine groups is 1. The molecule has 0 unspecified atom stereocenters. The second kappa shape index (κ2) is 6.70. The van der Waals surface area contributed by atoms with E-state index in [0.29, 0.717) is 13.2 Å². The summed E-state index contributed by atoms with van der Waals surface area (Å²) in [6, 6.07) is 7.81. The summed E-state index contributed by atoms with van der Waals surface area (Å²) in [6.45, 7) is 3.18. The predicted molar refractivity (Wildman–Crippen MR) is 109 cm³/mol. The minimum Gasteiger partial charge on any atom is -0.356 e. The molecule has 0 aliphatic carbocycles. The van der Waals surface area contributed by atoms with Crippen LogP contribution in [0.15, 0.2) is 35.5 Å². The lowest BCUT2D eigenvalue weighted by molar-refractivity contribution is -0.180. The Kier molecular flexibility index (Phi) is 4.35. The fourth-order valence-electron chi connectivity index (χ4n) is 3.63. The molecule has 1 spiro atoms. The minimum atomic E-state index is -0.362. The van der Waals surface area contributed by atoms with Gasteiger partial charge in [-0.2, -0.15) is 5.10 Å². The average molecular weight is 485 g/mol. The van der Waals surface area contributed by atoms with Crippen LogP contribution in [0.5, 0.6) is 0 Å². The molecular formula is C18H18ClIN4O2. The molecule has 1 aromatic carbocycles. The molecule has 0 bridgehead atoms. The number of fused-ring (bicyclic) bond motifs is 1. The molecule has 8 heteroatoms. The van der Waals surface area contributed by atoms with Crippen molar-refractivity contribution in [3.05, 3.63) is 44.7 Å². The molecule has 4 heterocycles. The SMILES string of the molecule is Clc1ccc(-n2ncc3c2I=CN=C3N2CCC3(CC2)OCCO3)cc1. The van der Waals surface area contributed by atoms with Gasteiger partial charge in [0.1, 0.15) is 9.54 Å². The summed E-state index contributed by atoms with van der Waals surface area (Å²) >= 11 is 5.71. The quantitative estimate of drug-likeness (QED) is 0.584. The fraction of sp³-hybridized carbons (Fsp3) is 0.389. The summed E-state index contributed by atoms with van der Waals surface area (Å²) in [5, 5.41) is 5.37. The van der Waals surface area contributed by atoms with E-state index in [0.717, 1.165) is 48.0 Å². The van der Waals surface area contributed by atoms with Crippen molar-refractivity contribution in [1.29, 1.82) is 0 Å². The van der Waals surface area contributed by atoms with Gasteiger partial charge in [0.15, 0.2) is 5.79 Å². The zero-order valence-electron chi connectivity index (χ0n) is 14.1. The lowest BCUT2D eigenvalue weighted by Gasteiger charge is -2.39. The summed E-state index contributed by atoms with van der Waals surface area (Å²) < 4.78 is 17.1. The minimum absolute atomic E-state index is 0.309. The third-order valence-corrected chi connectivity index (χ3v) is 7.42. The highest BCUT2D eigenvalue weighted by Gasteiger charge is 2.41. The second-order valence-electron chi connectivity index (χ2n) is 6.49. The molecule has 0 saturated carbocycles. The summed E-state index contributed by atoms with van der Waals surface area (Å²) in [4.78, 5) is 7.08. The van der Waals surface area contributed by atoms with Gasteiger partial charge in [-0.25, -0.2) is 9.67 Å². The van der Waals surface area contributed by atoms with Crippen LogP contribution >= 0.6 is 32.3 Å². The first kappa shape index (κ1) is 16.9. The Hall–Kier alpha value is -1.29. The Balaban J connectivity index is 1.41. The molecule has 2 aromatic rings. The number of ether oxygens (including phenoxy) is 2. The number of likely N-dealkylation sites (tertiary alicyclic amines) is 1. The summed E-state index contributed by atoms with van der Waals surface area (Å²) in [7, 11) is 0. The van der Waals surface area contributed by atoms with Crippen LogP contribution in [0, 0.1) is 3.70 Å². The van der Waals surface area contributed by atoms with Crippen LogP contribution in [-0.4, -0.2) is 56.7 Å². The van der Waals surface area contributed by atoms with Gasteiger partial charge in [0, 0.05) is 31.0 Å². The highest BCUT2D eigenvalue weighted by molar-refractivity contribution is 14.2. The van der Waals surface area contributed by atoms with Crippen LogP contribution in [0.3, 0.4) is 0 Å². The van der Waals surface area contributed by atoms with E-state index in [9.17, 15) is 0 Å². The first-order valence-corrected chi connectivity index (χ1v) is 11.3. The Bertz CT molecular complexity index is 877. The smallest absolute Gasteiger partial charge is 0.171 e. The molecular weight excluding hydrogens is 467 g/mol. The van der Waals surface area contributed by atoms with Gasteiger partial charge in [-0.05, 0) is 45.0 Å². The van der Waals surface area contributed by atoms with Crippen molar-refractivity contribution in [2.75, 3.05) is 26.3 Å². The molecule has 136 valence electrons. The lowest BCUT2D eigenvalue weighted by atomic mass is 10.0. The maximum atomic E-state index is 6.02. The predicted octanol–water partition coefficient (Wildman–Crippen LogP) is 3.02. The Morgan fingerprint density at radius 2 is 1.81 bits per heavy atom. The van der Waals surface area contributed by atoms with E-state index in [2.05, 4.69) is 14.1 Å². The van der Waals surface area contributed by atoms with Crippen molar-refractivity contribution in [2.45, 2.75) is 18.6 Å². The summed E-state index contributed by atoms with van der Waals surface area (Å²) in [5.74, 6) is 0.664. The van der Waals surface area contributed by atoms with Gasteiger partial charge in [0.05, 0.1) is 34.8 Å². The van der Waals surface area contributed by atoms with Crippen LogP contribution < -0.4 is 0 Å². The van der Waals surface area contributed by atoms with E-state index >= 15 is 0 Å².